The van der Waals surface area contributed by atoms with Crippen molar-refractivity contribution in [1.29, 1.82) is 0 Å². The molecule has 3 aromatic rings. The molecule has 0 saturated heterocycles. The van der Waals surface area contributed by atoms with E-state index in [1.54, 1.807) is 0 Å². The maximum Gasteiger partial charge on any atom is 0.296 e. The summed E-state index contributed by atoms with van der Waals surface area (Å²) in [6.45, 7) is 1.83. The fourth-order valence-corrected chi connectivity index (χ4v) is 4.34. The van der Waals surface area contributed by atoms with E-state index in [4.69, 9.17) is 0 Å². The number of benzene rings is 1. The molecule has 0 atom stereocenters. The van der Waals surface area contributed by atoms with Crippen molar-refractivity contribution in [2.45, 2.75) is 26.2 Å². The first-order valence-corrected chi connectivity index (χ1v) is 8.76. The molecule has 1 amide bonds. The molecule has 2 aromatic heterocycles. The fraction of sp³-hybridized carbons (Fsp3) is 0.278. The highest BCUT2D eigenvalue weighted by molar-refractivity contribution is 7.16. The summed E-state index contributed by atoms with van der Waals surface area (Å²) >= 11 is 1.48. The standard InChI is InChI=1S/C18H17N3O2S/c1-10-15-11(6-5-8-13(15)22)19-16(10)17(23)20-18-21(2)12-7-3-4-9-14(12)24-18/h3-4,7,9,19H,5-6,8H2,1-2H3. The van der Waals surface area contributed by atoms with E-state index in [0.717, 1.165) is 34.3 Å². The Bertz CT molecular complexity index is 1050. The molecule has 24 heavy (non-hydrogen) atoms. The summed E-state index contributed by atoms with van der Waals surface area (Å²) in [5.41, 5.74) is 3.79. The minimum Gasteiger partial charge on any atom is -0.353 e. The first kappa shape index (κ1) is 15.1. The molecule has 0 saturated carbocycles. The summed E-state index contributed by atoms with van der Waals surface area (Å²) in [7, 11) is 1.90. The SMILES string of the molecule is Cc1c(C(=O)N=c2sc3ccccc3n2C)[nH]c2c1C(=O)CCC2. The highest BCUT2D eigenvalue weighted by atomic mass is 32.1. The van der Waals surface area contributed by atoms with Gasteiger partial charge in [0.05, 0.1) is 10.2 Å². The van der Waals surface area contributed by atoms with E-state index >= 15 is 0 Å². The van der Waals surface area contributed by atoms with Crippen molar-refractivity contribution in [1.82, 2.24) is 9.55 Å². The second kappa shape index (κ2) is 5.56. The Hall–Kier alpha value is -2.47. The number of carbonyl (C=O) groups is 2. The van der Waals surface area contributed by atoms with Gasteiger partial charge in [0.15, 0.2) is 10.6 Å². The number of amides is 1. The van der Waals surface area contributed by atoms with Crippen LogP contribution in [0.3, 0.4) is 0 Å². The molecule has 2 heterocycles. The van der Waals surface area contributed by atoms with Gasteiger partial charge in [-0.2, -0.15) is 4.99 Å². The van der Waals surface area contributed by atoms with Crippen LogP contribution in [-0.4, -0.2) is 21.2 Å². The number of nitrogens with zero attached hydrogens (tertiary/aromatic N) is 2. The predicted octanol–water partition coefficient (Wildman–Crippen LogP) is 3.14. The summed E-state index contributed by atoms with van der Waals surface area (Å²) in [6, 6.07) is 7.96. The maximum atomic E-state index is 12.7. The maximum absolute atomic E-state index is 12.7. The number of thiazole rings is 1. The van der Waals surface area contributed by atoms with Gasteiger partial charge < -0.3 is 9.55 Å². The first-order valence-electron chi connectivity index (χ1n) is 7.94. The zero-order valence-electron chi connectivity index (χ0n) is 13.5. The normalized spacial score (nSPS) is 15.1. The van der Waals surface area contributed by atoms with E-state index in [2.05, 4.69) is 9.98 Å². The van der Waals surface area contributed by atoms with Crippen LogP contribution in [0.4, 0.5) is 0 Å². The first-order chi connectivity index (χ1) is 11.6. The second-order valence-electron chi connectivity index (χ2n) is 6.08. The number of rotatable bonds is 1. The number of aryl methyl sites for hydroxylation is 2. The minimum atomic E-state index is -0.322. The number of hydrogen-bond acceptors (Lipinski definition) is 3. The summed E-state index contributed by atoms with van der Waals surface area (Å²) in [5.74, 6) is -0.201. The molecule has 122 valence electrons. The van der Waals surface area contributed by atoms with Crippen LogP contribution < -0.4 is 4.80 Å². The van der Waals surface area contributed by atoms with Crippen molar-refractivity contribution in [2.24, 2.45) is 12.0 Å². The molecule has 0 aliphatic heterocycles. The topological polar surface area (TPSA) is 67.2 Å². The van der Waals surface area contributed by atoms with Crippen LogP contribution in [-0.2, 0) is 13.5 Å². The van der Waals surface area contributed by atoms with Crippen LogP contribution in [0.2, 0.25) is 0 Å². The van der Waals surface area contributed by atoms with Crippen molar-refractivity contribution in [2.75, 3.05) is 0 Å². The van der Waals surface area contributed by atoms with E-state index in [1.807, 2.05) is 42.8 Å². The van der Waals surface area contributed by atoms with Crippen LogP contribution in [0.1, 0.15) is 44.9 Å². The third-order valence-corrected chi connectivity index (χ3v) is 5.68. The average molecular weight is 339 g/mol. The van der Waals surface area contributed by atoms with Gasteiger partial charge in [-0.05, 0) is 37.5 Å². The van der Waals surface area contributed by atoms with Gasteiger partial charge in [-0.15, -0.1) is 0 Å². The highest BCUT2D eigenvalue weighted by Crippen LogP contribution is 2.26. The molecule has 1 aromatic carbocycles. The third kappa shape index (κ3) is 2.26. The number of aromatic amines is 1. The molecule has 0 fully saturated rings. The largest absolute Gasteiger partial charge is 0.353 e. The molecule has 1 N–H and O–H groups in total. The smallest absolute Gasteiger partial charge is 0.296 e. The van der Waals surface area contributed by atoms with Gasteiger partial charge in [0.25, 0.3) is 5.91 Å². The number of aromatic nitrogens is 2. The number of fused-ring (bicyclic) bond motifs is 2. The molecular formula is C18H17N3O2S. The zero-order chi connectivity index (χ0) is 16.8. The molecule has 0 bridgehead atoms. The van der Waals surface area contributed by atoms with Gasteiger partial charge in [-0.1, -0.05) is 23.5 Å². The van der Waals surface area contributed by atoms with E-state index < -0.39 is 0 Å². The van der Waals surface area contributed by atoms with Crippen molar-refractivity contribution in [3.05, 3.63) is 51.6 Å². The Morgan fingerprint density at radius 3 is 2.83 bits per heavy atom. The number of Topliss-reactive ketones (excluding diaryl/α,β-unsaturated/α-hetero) is 1. The van der Waals surface area contributed by atoms with Crippen LogP contribution in [0.5, 0.6) is 0 Å². The van der Waals surface area contributed by atoms with Gasteiger partial charge in [0.1, 0.15) is 5.69 Å². The van der Waals surface area contributed by atoms with Crippen molar-refractivity contribution >= 4 is 33.2 Å². The highest BCUT2D eigenvalue weighted by Gasteiger charge is 2.26. The zero-order valence-corrected chi connectivity index (χ0v) is 14.4. The van der Waals surface area contributed by atoms with Crippen LogP contribution in [0.15, 0.2) is 29.3 Å². The number of nitrogens with one attached hydrogen (secondary N) is 1. The summed E-state index contributed by atoms with van der Waals surface area (Å²) in [6.07, 6.45) is 2.20. The van der Waals surface area contributed by atoms with Crippen molar-refractivity contribution < 1.29 is 9.59 Å². The fourth-order valence-electron chi connectivity index (χ4n) is 3.32. The summed E-state index contributed by atoms with van der Waals surface area (Å²) in [5, 5.41) is 0. The molecule has 1 aliphatic carbocycles. The van der Waals surface area contributed by atoms with E-state index in [0.29, 0.717) is 22.5 Å². The predicted molar refractivity (Wildman–Crippen MR) is 93.5 cm³/mol. The number of para-hydroxylation sites is 1. The van der Waals surface area contributed by atoms with Crippen LogP contribution in [0.25, 0.3) is 10.2 Å². The quantitative estimate of drug-likeness (QED) is 0.740. The number of H-pyrrole nitrogens is 1. The average Bonchev–Trinajstić information content (AvgIpc) is 3.07. The van der Waals surface area contributed by atoms with Gasteiger partial charge in [0.2, 0.25) is 0 Å². The van der Waals surface area contributed by atoms with E-state index in [9.17, 15) is 9.59 Å². The van der Waals surface area contributed by atoms with E-state index in [-0.39, 0.29) is 11.7 Å². The van der Waals surface area contributed by atoms with Gasteiger partial charge in [-0.3, -0.25) is 9.59 Å². The lowest BCUT2D eigenvalue weighted by molar-refractivity contribution is 0.0970. The Labute approximate surface area is 142 Å². The third-order valence-electron chi connectivity index (χ3n) is 4.56. The summed E-state index contributed by atoms with van der Waals surface area (Å²) in [4.78, 5) is 32.9. The Morgan fingerprint density at radius 2 is 2.08 bits per heavy atom. The Balaban J connectivity index is 1.82. The molecule has 4 rings (SSSR count). The molecule has 0 radical (unpaired) electrons. The lowest BCUT2D eigenvalue weighted by Crippen LogP contribution is -2.14. The van der Waals surface area contributed by atoms with Crippen molar-refractivity contribution in [3.8, 4) is 0 Å². The molecule has 5 nitrogen and oxygen atoms in total. The number of hydrogen-bond donors (Lipinski definition) is 1. The lowest BCUT2D eigenvalue weighted by Gasteiger charge is -2.09. The monoisotopic (exact) mass is 339 g/mol. The molecular weight excluding hydrogens is 322 g/mol. The van der Waals surface area contributed by atoms with Gasteiger partial charge in [0, 0.05) is 24.7 Å². The van der Waals surface area contributed by atoms with E-state index in [1.165, 1.54) is 11.3 Å². The minimum absolute atomic E-state index is 0.122. The number of carbonyl (C=O) groups excluding carboxylic acids is 2. The van der Waals surface area contributed by atoms with Crippen molar-refractivity contribution in [3.63, 3.8) is 0 Å². The lowest BCUT2D eigenvalue weighted by atomic mass is 9.94. The molecule has 1 aliphatic rings. The Kier molecular flexibility index (Phi) is 3.49. The van der Waals surface area contributed by atoms with Gasteiger partial charge >= 0.3 is 0 Å². The van der Waals surface area contributed by atoms with Gasteiger partial charge in [-0.25, -0.2) is 0 Å². The Morgan fingerprint density at radius 1 is 1.29 bits per heavy atom. The molecule has 6 heteroatoms. The molecule has 0 spiro atoms. The summed E-state index contributed by atoms with van der Waals surface area (Å²) < 4.78 is 3.01. The molecule has 0 unspecified atom stereocenters. The van der Waals surface area contributed by atoms with Crippen LogP contribution >= 0.6 is 11.3 Å². The van der Waals surface area contributed by atoms with Crippen LogP contribution in [0, 0.1) is 6.92 Å². The number of ketones is 1. The second-order valence-corrected chi connectivity index (χ2v) is 7.09.